The first-order valence-corrected chi connectivity index (χ1v) is 5.03. The molecule has 0 radical (unpaired) electrons. The molecule has 0 atom stereocenters. The second-order valence-electron chi connectivity index (χ2n) is 4.11. The standard InChI is InChI=1S/C12H17NO2/c1-7(2)12(14)10-5-8(3)9(4)6-11(10)13-15/h5-7,13,15H,1-4H3. The summed E-state index contributed by atoms with van der Waals surface area (Å²) in [6, 6.07) is 3.60. The van der Waals surface area contributed by atoms with E-state index in [0.29, 0.717) is 11.3 Å². The average Bonchev–Trinajstić information content (AvgIpc) is 2.20. The van der Waals surface area contributed by atoms with Crippen LogP contribution in [0.25, 0.3) is 0 Å². The SMILES string of the molecule is Cc1cc(NO)c(C(=O)C(C)C)cc1C. The molecular weight excluding hydrogens is 190 g/mol. The smallest absolute Gasteiger partial charge is 0.167 e. The van der Waals surface area contributed by atoms with E-state index in [1.807, 2.05) is 33.8 Å². The molecule has 3 nitrogen and oxygen atoms in total. The summed E-state index contributed by atoms with van der Waals surface area (Å²) in [5, 5.41) is 8.96. The normalized spacial score (nSPS) is 10.5. The number of aryl methyl sites for hydroxylation is 2. The average molecular weight is 207 g/mol. The third-order valence-electron chi connectivity index (χ3n) is 2.54. The molecule has 0 bridgehead atoms. The Bertz CT molecular complexity index is 383. The van der Waals surface area contributed by atoms with Crippen LogP contribution in [-0.2, 0) is 0 Å². The lowest BCUT2D eigenvalue weighted by Gasteiger charge is -2.12. The topological polar surface area (TPSA) is 49.3 Å². The van der Waals surface area contributed by atoms with Gasteiger partial charge in [-0.05, 0) is 37.1 Å². The lowest BCUT2D eigenvalue weighted by atomic mass is 9.96. The van der Waals surface area contributed by atoms with Gasteiger partial charge in [0.25, 0.3) is 0 Å². The van der Waals surface area contributed by atoms with Crippen LogP contribution in [0.3, 0.4) is 0 Å². The number of benzene rings is 1. The monoisotopic (exact) mass is 207 g/mol. The quantitative estimate of drug-likeness (QED) is 0.591. The van der Waals surface area contributed by atoms with Gasteiger partial charge in [0.1, 0.15) is 0 Å². The number of nitrogens with one attached hydrogen (secondary N) is 1. The highest BCUT2D eigenvalue weighted by Crippen LogP contribution is 2.23. The van der Waals surface area contributed by atoms with E-state index in [1.165, 1.54) is 0 Å². The molecule has 0 fully saturated rings. The number of ketones is 1. The van der Waals surface area contributed by atoms with Gasteiger partial charge in [-0.3, -0.25) is 15.5 Å². The molecule has 0 amide bonds. The maximum absolute atomic E-state index is 11.8. The highest BCUT2D eigenvalue weighted by molar-refractivity contribution is 6.02. The molecule has 82 valence electrons. The molecule has 0 aliphatic carbocycles. The number of Topliss-reactive ketones (excluding diaryl/α,β-unsaturated/α-hetero) is 1. The Labute approximate surface area is 90.1 Å². The Morgan fingerprint density at radius 3 is 2.27 bits per heavy atom. The van der Waals surface area contributed by atoms with Gasteiger partial charge in [-0.15, -0.1) is 0 Å². The molecule has 0 aromatic heterocycles. The molecule has 0 saturated heterocycles. The van der Waals surface area contributed by atoms with E-state index < -0.39 is 0 Å². The fraction of sp³-hybridized carbons (Fsp3) is 0.417. The Morgan fingerprint density at radius 1 is 1.27 bits per heavy atom. The first-order chi connectivity index (χ1) is 6.97. The van der Waals surface area contributed by atoms with E-state index in [-0.39, 0.29) is 11.7 Å². The fourth-order valence-corrected chi connectivity index (χ4v) is 1.42. The molecule has 0 spiro atoms. The van der Waals surface area contributed by atoms with E-state index in [9.17, 15) is 4.79 Å². The number of rotatable bonds is 3. The van der Waals surface area contributed by atoms with Crippen molar-refractivity contribution in [3.05, 3.63) is 28.8 Å². The van der Waals surface area contributed by atoms with Crippen LogP contribution >= 0.6 is 0 Å². The van der Waals surface area contributed by atoms with Crippen LogP contribution in [0, 0.1) is 19.8 Å². The van der Waals surface area contributed by atoms with Crippen molar-refractivity contribution in [1.29, 1.82) is 0 Å². The predicted molar refractivity (Wildman–Crippen MR) is 60.5 cm³/mol. The van der Waals surface area contributed by atoms with Crippen molar-refractivity contribution in [1.82, 2.24) is 0 Å². The summed E-state index contributed by atoms with van der Waals surface area (Å²) >= 11 is 0. The molecular formula is C12H17NO2. The van der Waals surface area contributed by atoms with Crippen LogP contribution in [0.1, 0.15) is 35.3 Å². The van der Waals surface area contributed by atoms with Gasteiger partial charge in [0.05, 0.1) is 5.69 Å². The third-order valence-corrected chi connectivity index (χ3v) is 2.54. The van der Waals surface area contributed by atoms with E-state index in [1.54, 1.807) is 6.07 Å². The van der Waals surface area contributed by atoms with Gasteiger partial charge in [-0.2, -0.15) is 0 Å². The predicted octanol–water partition coefficient (Wildman–Crippen LogP) is 2.94. The van der Waals surface area contributed by atoms with Crippen molar-refractivity contribution in [3.8, 4) is 0 Å². The molecule has 3 heteroatoms. The lowest BCUT2D eigenvalue weighted by molar-refractivity contribution is 0.0939. The maximum atomic E-state index is 11.8. The molecule has 15 heavy (non-hydrogen) atoms. The third kappa shape index (κ3) is 2.36. The Kier molecular flexibility index (Phi) is 3.48. The van der Waals surface area contributed by atoms with Gasteiger partial charge in [-0.1, -0.05) is 13.8 Å². The summed E-state index contributed by atoms with van der Waals surface area (Å²) in [6.45, 7) is 7.59. The summed E-state index contributed by atoms with van der Waals surface area (Å²) in [6.07, 6.45) is 0. The molecule has 1 aromatic rings. The minimum Gasteiger partial charge on any atom is -0.294 e. The minimum atomic E-state index is -0.0702. The molecule has 0 aliphatic rings. The second kappa shape index (κ2) is 4.45. The molecule has 0 unspecified atom stereocenters. The molecule has 0 heterocycles. The van der Waals surface area contributed by atoms with E-state index in [0.717, 1.165) is 11.1 Å². The van der Waals surface area contributed by atoms with Gasteiger partial charge in [0.15, 0.2) is 5.78 Å². The molecule has 1 rings (SSSR count). The summed E-state index contributed by atoms with van der Waals surface area (Å²) in [4.78, 5) is 11.8. The zero-order valence-corrected chi connectivity index (χ0v) is 9.59. The van der Waals surface area contributed by atoms with Gasteiger partial charge in [-0.25, -0.2) is 0 Å². The molecule has 1 aromatic carbocycles. The number of hydrogen-bond donors (Lipinski definition) is 2. The van der Waals surface area contributed by atoms with Crippen LogP contribution in [0.4, 0.5) is 5.69 Å². The summed E-state index contributed by atoms with van der Waals surface area (Å²) in [5.74, 6) is -0.0335. The van der Waals surface area contributed by atoms with Gasteiger partial charge in [0.2, 0.25) is 0 Å². The number of carbonyl (C=O) groups excluding carboxylic acids is 1. The number of anilines is 1. The number of hydrogen-bond acceptors (Lipinski definition) is 3. The first-order valence-electron chi connectivity index (χ1n) is 5.03. The first kappa shape index (κ1) is 11.7. The van der Waals surface area contributed by atoms with Gasteiger partial charge < -0.3 is 0 Å². The van der Waals surface area contributed by atoms with Crippen molar-refractivity contribution in [2.24, 2.45) is 5.92 Å². The largest absolute Gasteiger partial charge is 0.294 e. The highest BCUT2D eigenvalue weighted by Gasteiger charge is 2.15. The maximum Gasteiger partial charge on any atom is 0.167 e. The number of carbonyl (C=O) groups is 1. The van der Waals surface area contributed by atoms with Crippen LogP contribution in [0.5, 0.6) is 0 Å². The zero-order chi connectivity index (χ0) is 11.6. The summed E-state index contributed by atoms with van der Waals surface area (Å²) < 4.78 is 0. The van der Waals surface area contributed by atoms with Crippen LogP contribution < -0.4 is 5.48 Å². The van der Waals surface area contributed by atoms with E-state index in [4.69, 9.17) is 5.21 Å². The van der Waals surface area contributed by atoms with Gasteiger partial charge >= 0.3 is 0 Å². The van der Waals surface area contributed by atoms with Crippen LogP contribution in [0.15, 0.2) is 12.1 Å². The van der Waals surface area contributed by atoms with Crippen molar-refractivity contribution in [2.75, 3.05) is 5.48 Å². The van der Waals surface area contributed by atoms with Crippen molar-refractivity contribution in [2.45, 2.75) is 27.7 Å². The van der Waals surface area contributed by atoms with Crippen molar-refractivity contribution < 1.29 is 10.0 Å². The second-order valence-corrected chi connectivity index (χ2v) is 4.11. The Morgan fingerprint density at radius 2 is 1.80 bits per heavy atom. The minimum absolute atomic E-state index is 0.0367. The fourth-order valence-electron chi connectivity index (χ4n) is 1.42. The molecule has 2 N–H and O–H groups in total. The van der Waals surface area contributed by atoms with Crippen molar-refractivity contribution >= 4 is 11.5 Å². The van der Waals surface area contributed by atoms with Crippen molar-refractivity contribution in [3.63, 3.8) is 0 Å². The summed E-state index contributed by atoms with van der Waals surface area (Å²) in [5.41, 5.74) is 5.21. The molecule has 0 aliphatic heterocycles. The molecule has 0 saturated carbocycles. The van der Waals surface area contributed by atoms with Crippen LogP contribution in [0.2, 0.25) is 0 Å². The summed E-state index contributed by atoms with van der Waals surface area (Å²) in [7, 11) is 0. The zero-order valence-electron chi connectivity index (χ0n) is 9.59. The van der Waals surface area contributed by atoms with E-state index >= 15 is 0 Å². The Hall–Kier alpha value is -1.35. The Balaban J connectivity index is 3.27. The van der Waals surface area contributed by atoms with Crippen LogP contribution in [-0.4, -0.2) is 11.0 Å². The van der Waals surface area contributed by atoms with Gasteiger partial charge in [0, 0.05) is 11.5 Å². The highest BCUT2D eigenvalue weighted by atomic mass is 16.5. The van der Waals surface area contributed by atoms with E-state index in [2.05, 4.69) is 5.48 Å². The lowest BCUT2D eigenvalue weighted by Crippen LogP contribution is -2.11.